The zero-order chi connectivity index (χ0) is 19.1. The number of nitrogens with two attached hydrogens (primary N) is 1. The van der Waals surface area contributed by atoms with E-state index in [1.165, 1.54) is 30.3 Å². The predicted octanol–water partition coefficient (Wildman–Crippen LogP) is 3.97. The number of hydrogen-bond acceptors (Lipinski definition) is 4. The number of alkyl halides is 3. The van der Waals surface area contributed by atoms with E-state index in [-0.39, 0.29) is 9.71 Å². The van der Waals surface area contributed by atoms with E-state index >= 15 is 0 Å². The fraction of sp³-hybridized carbons (Fsp3) is 0.118. The maximum Gasteiger partial charge on any atom is 0.433 e. The van der Waals surface area contributed by atoms with Crippen LogP contribution in [0.1, 0.15) is 31.3 Å². The van der Waals surface area contributed by atoms with Gasteiger partial charge in [-0.3, -0.25) is 9.59 Å². The molecule has 0 unspecified atom stereocenters. The number of nitrogens with one attached hydrogen (secondary N) is 1. The molecule has 26 heavy (non-hydrogen) atoms. The Kier molecular flexibility index (Phi) is 4.41. The van der Waals surface area contributed by atoms with E-state index in [9.17, 15) is 22.8 Å². The Bertz CT molecular complexity index is 1010. The van der Waals surface area contributed by atoms with E-state index in [4.69, 9.17) is 5.73 Å². The largest absolute Gasteiger partial charge is 0.433 e. The van der Waals surface area contributed by atoms with Gasteiger partial charge in [0, 0.05) is 16.6 Å². The molecule has 3 rings (SSSR count). The van der Waals surface area contributed by atoms with E-state index in [1.807, 2.05) is 0 Å². The van der Waals surface area contributed by atoms with Crippen LogP contribution in [0.4, 0.5) is 18.9 Å². The van der Waals surface area contributed by atoms with Crippen molar-refractivity contribution in [2.45, 2.75) is 13.1 Å². The molecule has 0 radical (unpaired) electrons. The van der Waals surface area contributed by atoms with Crippen molar-refractivity contribution in [1.82, 2.24) is 4.98 Å². The van der Waals surface area contributed by atoms with Crippen molar-refractivity contribution in [1.29, 1.82) is 0 Å². The molecule has 0 aliphatic rings. The lowest BCUT2D eigenvalue weighted by Crippen LogP contribution is -2.13. The third-order valence-corrected chi connectivity index (χ3v) is 4.93. The lowest BCUT2D eigenvalue weighted by molar-refractivity contribution is -0.140. The number of aromatic nitrogens is 1. The van der Waals surface area contributed by atoms with Gasteiger partial charge in [-0.1, -0.05) is 0 Å². The third-order valence-electron chi connectivity index (χ3n) is 3.73. The SMILES string of the molecule is Cc1c(C(=O)Nc2ccc(C(N)=O)cc2)sc2nc(C(F)(F)F)ccc12. The Morgan fingerprint density at radius 3 is 2.35 bits per heavy atom. The van der Waals surface area contributed by atoms with Gasteiger partial charge >= 0.3 is 6.18 Å². The average molecular weight is 379 g/mol. The topological polar surface area (TPSA) is 85.1 Å². The first-order valence-corrected chi connectivity index (χ1v) is 8.17. The summed E-state index contributed by atoms with van der Waals surface area (Å²) in [5.74, 6) is -1.05. The number of halogens is 3. The molecular formula is C17H12F3N3O2S. The Morgan fingerprint density at radius 1 is 1.12 bits per heavy atom. The van der Waals surface area contributed by atoms with E-state index < -0.39 is 23.7 Å². The maximum atomic E-state index is 12.8. The highest BCUT2D eigenvalue weighted by Gasteiger charge is 2.33. The molecule has 2 aromatic heterocycles. The number of carbonyl (C=O) groups excluding carboxylic acids is 2. The van der Waals surface area contributed by atoms with Gasteiger partial charge in [-0.25, -0.2) is 4.98 Å². The van der Waals surface area contributed by atoms with Crippen molar-refractivity contribution in [3.63, 3.8) is 0 Å². The van der Waals surface area contributed by atoms with Crippen LogP contribution in [0.2, 0.25) is 0 Å². The number of aryl methyl sites for hydroxylation is 1. The van der Waals surface area contributed by atoms with Crippen LogP contribution in [0.25, 0.3) is 10.2 Å². The number of pyridine rings is 1. The number of anilines is 1. The van der Waals surface area contributed by atoms with Crippen molar-refractivity contribution < 1.29 is 22.8 Å². The minimum atomic E-state index is -4.54. The summed E-state index contributed by atoms with van der Waals surface area (Å²) in [7, 11) is 0. The van der Waals surface area contributed by atoms with Gasteiger partial charge in [0.15, 0.2) is 0 Å². The molecule has 0 saturated heterocycles. The van der Waals surface area contributed by atoms with Gasteiger partial charge in [0.2, 0.25) is 5.91 Å². The van der Waals surface area contributed by atoms with E-state index in [1.54, 1.807) is 6.92 Å². The van der Waals surface area contributed by atoms with Crippen molar-refractivity contribution in [2.24, 2.45) is 5.73 Å². The van der Waals surface area contributed by atoms with Crippen LogP contribution in [-0.2, 0) is 6.18 Å². The van der Waals surface area contributed by atoms with Gasteiger partial charge in [-0.2, -0.15) is 13.2 Å². The van der Waals surface area contributed by atoms with E-state index in [0.29, 0.717) is 22.2 Å². The van der Waals surface area contributed by atoms with Crippen LogP contribution in [0.15, 0.2) is 36.4 Å². The molecule has 0 atom stereocenters. The standard InChI is InChI=1S/C17H12F3N3O2S/c1-8-11-6-7-12(17(18,19)20)23-16(11)26-13(8)15(25)22-10-4-2-9(3-5-10)14(21)24/h2-7H,1H3,(H2,21,24)(H,22,25). The molecule has 0 spiro atoms. The highest BCUT2D eigenvalue weighted by Crippen LogP contribution is 2.34. The monoisotopic (exact) mass is 379 g/mol. The van der Waals surface area contributed by atoms with Crippen molar-refractivity contribution >= 4 is 39.1 Å². The fourth-order valence-electron chi connectivity index (χ4n) is 2.38. The van der Waals surface area contributed by atoms with Crippen LogP contribution >= 0.6 is 11.3 Å². The molecule has 134 valence electrons. The summed E-state index contributed by atoms with van der Waals surface area (Å²) in [5.41, 5.74) is 5.43. The Morgan fingerprint density at radius 2 is 1.77 bits per heavy atom. The van der Waals surface area contributed by atoms with Crippen LogP contribution in [0.5, 0.6) is 0 Å². The molecule has 3 N–H and O–H groups in total. The molecule has 2 amide bonds. The lowest BCUT2D eigenvalue weighted by atomic mass is 10.1. The summed E-state index contributed by atoms with van der Waals surface area (Å²) in [6, 6.07) is 8.17. The summed E-state index contributed by atoms with van der Waals surface area (Å²) in [6.45, 7) is 1.65. The molecule has 0 saturated carbocycles. The van der Waals surface area contributed by atoms with Crippen molar-refractivity contribution in [2.75, 3.05) is 5.32 Å². The Labute approximate surface area is 149 Å². The minimum absolute atomic E-state index is 0.145. The second-order valence-electron chi connectivity index (χ2n) is 5.50. The predicted molar refractivity (Wildman–Crippen MR) is 92.3 cm³/mol. The van der Waals surface area contributed by atoms with Gasteiger partial charge in [-0.05, 0) is 48.9 Å². The zero-order valence-electron chi connectivity index (χ0n) is 13.3. The second kappa shape index (κ2) is 6.41. The molecule has 0 fully saturated rings. The smallest absolute Gasteiger partial charge is 0.366 e. The first-order valence-electron chi connectivity index (χ1n) is 7.35. The van der Waals surface area contributed by atoms with Gasteiger partial charge in [0.25, 0.3) is 5.91 Å². The molecule has 0 aliphatic carbocycles. The fourth-order valence-corrected chi connectivity index (χ4v) is 3.45. The number of hydrogen-bond donors (Lipinski definition) is 2. The van der Waals surface area contributed by atoms with Crippen LogP contribution < -0.4 is 11.1 Å². The van der Waals surface area contributed by atoms with Gasteiger partial charge in [-0.15, -0.1) is 11.3 Å². The molecule has 0 aliphatic heterocycles. The molecule has 5 nitrogen and oxygen atoms in total. The number of benzene rings is 1. The average Bonchev–Trinajstić information content (AvgIpc) is 2.91. The van der Waals surface area contributed by atoms with Crippen LogP contribution in [0.3, 0.4) is 0 Å². The number of thiophene rings is 1. The first-order chi connectivity index (χ1) is 12.2. The molecule has 9 heteroatoms. The van der Waals surface area contributed by atoms with Crippen molar-refractivity contribution in [3.05, 3.63) is 58.1 Å². The summed E-state index contributed by atoms with van der Waals surface area (Å²) in [6.07, 6.45) is -4.54. The minimum Gasteiger partial charge on any atom is -0.366 e. The van der Waals surface area contributed by atoms with E-state index in [0.717, 1.165) is 17.4 Å². The summed E-state index contributed by atoms with van der Waals surface area (Å²) in [5, 5.41) is 3.14. The molecular weight excluding hydrogens is 367 g/mol. The highest BCUT2D eigenvalue weighted by molar-refractivity contribution is 7.20. The molecule has 0 bridgehead atoms. The number of fused-ring (bicyclic) bond motifs is 1. The number of amides is 2. The Balaban J connectivity index is 1.90. The first kappa shape index (κ1) is 17.9. The van der Waals surface area contributed by atoms with Gasteiger partial charge in [0.05, 0.1) is 4.88 Å². The number of rotatable bonds is 3. The number of primary amides is 1. The van der Waals surface area contributed by atoms with Crippen molar-refractivity contribution in [3.8, 4) is 0 Å². The molecule has 3 aromatic rings. The summed E-state index contributed by atoms with van der Waals surface area (Å²) >= 11 is 0.892. The van der Waals surface area contributed by atoms with Crippen LogP contribution in [-0.4, -0.2) is 16.8 Å². The third kappa shape index (κ3) is 3.38. The maximum absolute atomic E-state index is 12.8. The van der Waals surface area contributed by atoms with Gasteiger partial charge in [0.1, 0.15) is 10.5 Å². The van der Waals surface area contributed by atoms with Crippen LogP contribution in [0, 0.1) is 6.92 Å². The second-order valence-corrected chi connectivity index (χ2v) is 6.50. The highest BCUT2D eigenvalue weighted by atomic mass is 32.1. The van der Waals surface area contributed by atoms with Gasteiger partial charge < -0.3 is 11.1 Å². The lowest BCUT2D eigenvalue weighted by Gasteiger charge is -2.05. The molecule has 2 heterocycles. The zero-order valence-corrected chi connectivity index (χ0v) is 14.2. The number of nitrogens with zero attached hydrogens (tertiary/aromatic N) is 1. The summed E-state index contributed by atoms with van der Waals surface area (Å²) < 4.78 is 38.4. The number of carbonyl (C=O) groups is 2. The molecule has 1 aromatic carbocycles. The Hall–Kier alpha value is -2.94. The van der Waals surface area contributed by atoms with E-state index in [2.05, 4.69) is 10.3 Å². The normalized spacial score (nSPS) is 11.5. The quantitative estimate of drug-likeness (QED) is 0.722. The summed E-state index contributed by atoms with van der Waals surface area (Å²) in [4.78, 5) is 27.5.